The summed E-state index contributed by atoms with van der Waals surface area (Å²) in [5.74, 6) is -0.0815. The zero-order valence-electron chi connectivity index (χ0n) is 9.33. The van der Waals surface area contributed by atoms with Crippen molar-refractivity contribution in [2.45, 2.75) is 23.8 Å². The summed E-state index contributed by atoms with van der Waals surface area (Å²) in [6, 6.07) is 7.78. The van der Waals surface area contributed by atoms with Gasteiger partial charge in [0.2, 0.25) is 10.0 Å². The molecule has 1 heterocycles. The van der Waals surface area contributed by atoms with E-state index in [1.807, 2.05) is 0 Å². The third-order valence-corrected chi connectivity index (χ3v) is 4.83. The molecule has 92 valence electrons. The second kappa shape index (κ2) is 4.46. The van der Waals surface area contributed by atoms with Gasteiger partial charge in [0, 0.05) is 6.54 Å². The minimum atomic E-state index is -3.52. The summed E-state index contributed by atoms with van der Waals surface area (Å²) in [7, 11) is -3.52. The highest BCUT2D eigenvalue weighted by molar-refractivity contribution is 7.89. The van der Waals surface area contributed by atoms with Crippen LogP contribution in [0.15, 0.2) is 35.2 Å². The van der Waals surface area contributed by atoms with Crippen LogP contribution in [0.4, 0.5) is 0 Å². The van der Waals surface area contributed by atoms with E-state index in [4.69, 9.17) is 11.1 Å². The lowest BCUT2D eigenvalue weighted by Gasteiger charge is -2.22. The first-order chi connectivity index (χ1) is 8.03. The molecule has 0 spiro atoms. The molecule has 1 saturated heterocycles. The van der Waals surface area contributed by atoms with Gasteiger partial charge in [0.15, 0.2) is 0 Å². The number of nitrogens with two attached hydrogens (primary N) is 1. The lowest BCUT2D eigenvalue weighted by atomic mass is 10.2. The maximum atomic E-state index is 12.3. The summed E-state index contributed by atoms with van der Waals surface area (Å²) in [6.07, 6.45) is 1.37. The molecule has 1 aliphatic rings. The summed E-state index contributed by atoms with van der Waals surface area (Å²) in [5, 5.41) is 7.44. The number of nitrogens with zero attached hydrogens (tertiary/aromatic N) is 1. The largest absolute Gasteiger partial charge is 0.386 e. The van der Waals surface area contributed by atoms with Crippen LogP contribution in [0.2, 0.25) is 0 Å². The molecule has 3 N–H and O–H groups in total. The Kier molecular flexibility index (Phi) is 3.17. The number of rotatable bonds is 3. The molecule has 1 atom stereocenters. The zero-order chi connectivity index (χ0) is 12.5. The maximum Gasteiger partial charge on any atom is 0.243 e. The van der Waals surface area contributed by atoms with Gasteiger partial charge in [-0.25, -0.2) is 8.42 Å². The lowest BCUT2D eigenvalue weighted by molar-refractivity contribution is 0.443. The van der Waals surface area contributed by atoms with E-state index in [0.29, 0.717) is 13.0 Å². The monoisotopic (exact) mass is 253 g/mol. The average molecular weight is 253 g/mol. The van der Waals surface area contributed by atoms with Crippen molar-refractivity contribution < 1.29 is 8.42 Å². The van der Waals surface area contributed by atoms with Crippen LogP contribution in [0.1, 0.15) is 12.8 Å². The molecule has 0 aliphatic carbocycles. The fourth-order valence-electron chi connectivity index (χ4n) is 2.07. The van der Waals surface area contributed by atoms with Crippen molar-refractivity contribution in [2.24, 2.45) is 5.73 Å². The fraction of sp³-hybridized carbons (Fsp3) is 0.364. The molecule has 17 heavy (non-hydrogen) atoms. The van der Waals surface area contributed by atoms with Crippen LogP contribution in [0.5, 0.6) is 0 Å². The summed E-state index contributed by atoms with van der Waals surface area (Å²) < 4.78 is 26.0. The Balaban J connectivity index is 2.37. The van der Waals surface area contributed by atoms with Gasteiger partial charge in [0.1, 0.15) is 5.84 Å². The first-order valence-corrected chi connectivity index (χ1v) is 6.88. The van der Waals surface area contributed by atoms with E-state index in [-0.39, 0.29) is 10.7 Å². The molecular weight excluding hydrogens is 238 g/mol. The second-order valence-corrected chi connectivity index (χ2v) is 5.93. The Morgan fingerprint density at radius 3 is 2.59 bits per heavy atom. The van der Waals surface area contributed by atoms with E-state index in [1.165, 1.54) is 4.31 Å². The van der Waals surface area contributed by atoms with Crippen LogP contribution < -0.4 is 5.73 Å². The summed E-state index contributed by atoms with van der Waals surface area (Å²) in [6.45, 7) is 0.432. The van der Waals surface area contributed by atoms with Crippen molar-refractivity contribution in [3.8, 4) is 0 Å². The number of amidine groups is 1. The highest BCUT2D eigenvalue weighted by atomic mass is 32.2. The Labute approximate surface area is 101 Å². The quantitative estimate of drug-likeness (QED) is 0.616. The fourth-order valence-corrected chi connectivity index (χ4v) is 3.76. The molecule has 1 aliphatic heterocycles. The zero-order valence-corrected chi connectivity index (χ0v) is 10.2. The molecule has 1 aromatic rings. The summed E-state index contributed by atoms with van der Waals surface area (Å²) in [4.78, 5) is 0.258. The van der Waals surface area contributed by atoms with Crippen molar-refractivity contribution in [1.29, 1.82) is 5.41 Å². The standard InChI is InChI=1S/C11H15N3O2S/c12-11(13)10-7-4-8-14(10)17(15,16)9-5-2-1-3-6-9/h1-3,5-6,10H,4,7-8H2,(H3,12,13). The third-order valence-electron chi connectivity index (χ3n) is 2.91. The van der Waals surface area contributed by atoms with Crippen molar-refractivity contribution in [1.82, 2.24) is 4.31 Å². The third kappa shape index (κ3) is 2.18. The van der Waals surface area contributed by atoms with Gasteiger partial charge in [-0.2, -0.15) is 4.31 Å². The first-order valence-electron chi connectivity index (χ1n) is 5.44. The summed E-state index contributed by atoms with van der Waals surface area (Å²) >= 11 is 0. The molecule has 0 bridgehead atoms. The average Bonchev–Trinajstić information content (AvgIpc) is 2.80. The van der Waals surface area contributed by atoms with Gasteiger partial charge in [-0.15, -0.1) is 0 Å². The second-order valence-electron chi connectivity index (χ2n) is 4.04. The Bertz CT molecular complexity index is 513. The maximum absolute atomic E-state index is 12.3. The van der Waals surface area contributed by atoms with Crippen molar-refractivity contribution >= 4 is 15.9 Å². The number of hydrogen-bond acceptors (Lipinski definition) is 3. The predicted octanol–water partition coefficient (Wildman–Crippen LogP) is 0.776. The molecule has 0 radical (unpaired) electrons. The molecule has 1 unspecified atom stereocenters. The molecule has 2 rings (SSSR count). The number of benzene rings is 1. The van der Waals surface area contributed by atoms with Crippen molar-refractivity contribution in [3.05, 3.63) is 30.3 Å². The summed E-state index contributed by atoms with van der Waals surface area (Å²) in [5.41, 5.74) is 5.44. The van der Waals surface area contributed by atoms with E-state index >= 15 is 0 Å². The molecule has 0 aromatic heterocycles. The molecule has 0 amide bonds. The van der Waals surface area contributed by atoms with Crippen LogP contribution in [0.3, 0.4) is 0 Å². The van der Waals surface area contributed by atoms with Crippen LogP contribution in [0.25, 0.3) is 0 Å². The van der Waals surface area contributed by atoms with Crippen molar-refractivity contribution in [3.63, 3.8) is 0 Å². The van der Waals surface area contributed by atoms with Gasteiger partial charge < -0.3 is 5.73 Å². The first kappa shape index (κ1) is 12.1. The van der Waals surface area contributed by atoms with E-state index in [2.05, 4.69) is 0 Å². The van der Waals surface area contributed by atoms with E-state index < -0.39 is 16.1 Å². The molecule has 5 nitrogen and oxygen atoms in total. The Morgan fingerprint density at radius 2 is 2.00 bits per heavy atom. The molecule has 6 heteroatoms. The molecule has 0 saturated carbocycles. The Hall–Kier alpha value is -1.40. The minimum absolute atomic E-state index is 0.0815. The highest BCUT2D eigenvalue weighted by Gasteiger charge is 2.36. The van der Waals surface area contributed by atoms with Gasteiger partial charge in [-0.3, -0.25) is 5.41 Å². The van der Waals surface area contributed by atoms with Crippen LogP contribution in [-0.4, -0.2) is 31.1 Å². The molecule has 1 fully saturated rings. The van der Waals surface area contributed by atoms with Gasteiger partial charge in [-0.05, 0) is 25.0 Å². The van der Waals surface area contributed by atoms with Crippen LogP contribution in [0, 0.1) is 5.41 Å². The van der Waals surface area contributed by atoms with Crippen LogP contribution >= 0.6 is 0 Å². The Morgan fingerprint density at radius 1 is 1.35 bits per heavy atom. The smallest absolute Gasteiger partial charge is 0.243 e. The van der Waals surface area contributed by atoms with Gasteiger partial charge in [0.25, 0.3) is 0 Å². The SMILES string of the molecule is N=C(N)C1CCCN1S(=O)(=O)c1ccccc1. The molecular formula is C11H15N3O2S. The normalized spacial score (nSPS) is 21.5. The van der Waals surface area contributed by atoms with Gasteiger partial charge >= 0.3 is 0 Å². The van der Waals surface area contributed by atoms with E-state index in [0.717, 1.165) is 6.42 Å². The van der Waals surface area contributed by atoms with E-state index in [9.17, 15) is 8.42 Å². The van der Waals surface area contributed by atoms with Gasteiger partial charge in [-0.1, -0.05) is 18.2 Å². The number of hydrogen-bond donors (Lipinski definition) is 2. The van der Waals surface area contributed by atoms with E-state index in [1.54, 1.807) is 30.3 Å². The predicted molar refractivity (Wildman–Crippen MR) is 65.3 cm³/mol. The molecule has 1 aromatic carbocycles. The topological polar surface area (TPSA) is 87.2 Å². The lowest BCUT2D eigenvalue weighted by Crippen LogP contribution is -2.43. The minimum Gasteiger partial charge on any atom is -0.386 e. The van der Waals surface area contributed by atoms with Crippen molar-refractivity contribution in [2.75, 3.05) is 6.54 Å². The van der Waals surface area contributed by atoms with Gasteiger partial charge in [0.05, 0.1) is 10.9 Å². The number of nitrogens with one attached hydrogen (secondary N) is 1. The van der Waals surface area contributed by atoms with Crippen LogP contribution in [-0.2, 0) is 10.0 Å². The number of sulfonamides is 1. The highest BCUT2D eigenvalue weighted by Crippen LogP contribution is 2.25.